The van der Waals surface area contributed by atoms with E-state index in [4.69, 9.17) is 52.5 Å². The summed E-state index contributed by atoms with van der Waals surface area (Å²) >= 11 is 0. The molecule has 0 radical (unpaired) electrons. The predicted molar refractivity (Wildman–Crippen MR) is 198 cm³/mol. The molecule has 4 heterocycles. The fourth-order valence-electron chi connectivity index (χ4n) is 7.03. The Morgan fingerprint density at radius 2 is 1.21 bits per heavy atom. The fraction of sp³-hybridized carbons (Fsp3) is 0.579. The summed E-state index contributed by atoms with van der Waals surface area (Å²) in [5, 5.41) is 126. The number of phenolic OH excluding ortho intramolecular Hbond substituents is 2. The van der Waals surface area contributed by atoms with E-state index >= 15 is 0 Å². The van der Waals surface area contributed by atoms with Crippen molar-refractivity contribution in [3.8, 4) is 34.5 Å². The molecule has 0 aliphatic carbocycles. The molecule has 16 unspecified atom stereocenters. The number of carboxylic acid groups (broad SMARTS) is 1. The van der Waals surface area contributed by atoms with Gasteiger partial charge < -0.3 is 109 Å². The largest absolute Gasteiger partial charge is 0.571 e. The number of carbonyl (C=O) groups excluding carboxylic acids is 1. The van der Waals surface area contributed by atoms with Crippen molar-refractivity contribution in [2.45, 2.75) is 112 Å². The van der Waals surface area contributed by atoms with Crippen molar-refractivity contribution in [3.05, 3.63) is 41.2 Å². The highest BCUT2D eigenvalue weighted by molar-refractivity contribution is 5.90. The van der Waals surface area contributed by atoms with Crippen LogP contribution in [0.2, 0.25) is 0 Å². The van der Waals surface area contributed by atoms with Gasteiger partial charge in [0.05, 0.1) is 38.6 Å². The van der Waals surface area contributed by atoms with Crippen molar-refractivity contribution in [1.82, 2.24) is 0 Å². The molecule has 4 aliphatic heterocycles. The van der Waals surface area contributed by atoms with Crippen molar-refractivity contribution >= 4 is 18.0 Å². The summed E-state index contributed by atoms with van der Waals surface area (Å²) in [6, 6.07) is 5.00. The van der Waals surface area contributed by atoms with Gasteiger partial charge in [-0.05, 0) is 19.1 Å². The van der Waals surface area contributed by atoms with Gasteiger partial charge in [-0.3, -0.25) is 9.59 Å². The molecule has 3 saturated heterocycles. The van der Waals surface area contributed by atoms with Crippen LogP contribution < -0.4 is 14.2 Å². The number of fused-ring (bicyclic) bond motifs is 1. The number of methoxy groups -OCH3 is 2. The van der Waals surface area contributed by atoms with Gasteiger partial charge in [0.1, 0.15) is 97.2 Å². The number of hydrogen-bond donors (Lipinski definition) is 12. The van der Waals surface area contributed by atoms with E-state index in [0.29, 0.717) is 0 Å². The Kier molecular flexibility index (Phi) is 14.5. The van der Waals surface area contributed by atoms with Crippen LogP contribution in [0.4, 0.5) is 0 Å². The molecule has 16 atom stereocenters. The molecule has 13 N–H and O–H groups in total. The minimum absolute atomic E-state index is 0.00308. The molecule has 0 bridgehead atoms. The zero-order valence-electron chi connectivity index (χ0n) is 33.1. The van der Waals surface area contributed by atoms with Crippen LogP contribution in [0.5, 0.6) is 34.5 Å². The van der Waals surface area contributed by atoms with Crippen LogP contribution in [0.3, 0.4) is 0 Å². The van der Waals surface area contributed by atoms with Gasteiger partial charge in [0.15, 0.2) is 23.5 Å². The molecule has 24 heteroatoms. The highest BCUT2D eigenvalue weighted by Crippen LogP contribution is 2.49. The normalized spacial score (nSPS) is 35.7. The fourth-order valence-corrected chi connectivity index (χ4v) is 7.03. The van der Waals surface area contributed by atoms with E-state index < -0.39 is 136 Å². The summed E-state index contributed by atoms with van der Waals surface area (Å²) in [5.74, 6) is -4.15. The number of aliphatic hydroxyl groups is 10. The molecule has 2 aromatic carbocycles. The van der Waals surface area contributed by atoms with Crippen LogP contribution in [-0.4, -0.2) is 198 Å². The number of esters is 1. The first kappa shape index (κ1) is 46.7. The van der Waals surface area contributed by atoms with Crippen molar-refractivity contribution in [3.63, 3.8) is 0 Å². The Morgan fingerprint density at radius 3 is 1.79 bits per heavy atom. The molecule has 4 aliphatic rings. The molecule has 62 heavy (non-hydrogen) atoms. The summed E-state index contributed by atoms with van der Waals surface area (Å²) in [6.07, 6.45) is -26.5. The molecule has 0 aromatic heterocycles. The Morgan fingerprint density at radius 1 is 0.661 bits per heavy atom. The Hall–Kier alpha value is -4.80. The number of carbonyl (C=O) groups is 2. The summed E-state index contributed by atoms with van der Waals surface area (Å²) in [4.78, 5) is 22.8. The number of aromatic hydroxyl groups is 3. The Labute approximate surface area is 350 Å². The van der Waals surface area contributed by atoms with Gasteiger partial charge in [-0.2, -0.15) is 0 Å². The molecular weight excluding hydrogens is 840 g/mol. The molecule has 3 fully saturated rings. The standard InChI is InChI=1S/C38H48O24/c1-12-25(43)29(47)32(50)36(57-12)56-11-22-28(46)31(49)34(52)38(62-22)60-20-8-15-16(58-35(20)13-4-18(53-2)26(44)19(5-13)54-3)6-14(39)7-17(15)59-37-33(51)30(48)27(45)21(61-37)10-55-24(42)9-23(40)41/h4-8,12,21-22,25,27-39,43-52H,9-11H2,1-3H3,(H,40,41)/p+1. The van der Waals surface area contributed by atoms with E-state index in [9.17, 15) is 65.8 Å². The van der Waals surface area contributed by atoms with E-state index in [1.165, 1.54) is 45.4 Å². The lowest BCUT2D eigenvalue weighted by molar-refractivity contribution is -0.325. The van der Waals surface area contributed by atoms with Gasteiger partial charge in [0.25, 0.3) is 11.9 Å². The lowest BCUT2D eigenvalue weighted by Crippen LogP contribution is -2.61. The van der Waals surface area contributed by atoms with Crippen molar-refractivity contribution < 1.29 is 118 Å². The second kappa shape index (κ2) is 19.3. The Balaban J connectivity index is 1.33. The molecule has 0 spiro atoms. The topological polar surface area (TPSA) is 373 Å². The van der Waals surface area contributed by atoms with Crippen molar-refractivity contribution in [2.75, 3.05) is 27.4 Å². The van der Waals surface area contributed by atoms with Crippen LogP contribution in [0, 0.1) is 0 Å². The number of benzene rings is 2. The van der Waals surface area contributed by atoms with Crippen LogP contribution in [0.25, 0.3) is 6.08 Å². The van der Waals surface area contributed by atoms with Crippen LogP contribution in [-0.2, 0) is 38.0 Å². The number of phenols is 2. The molecule has 2 aromatic rings. The van der Waals surface area contributed by atoms with Gasteiger partial charge in [-0.1, -0.05) is 0 Å². The quantitative estimate of drug-likeness (QED) is 0.0494. The minimum atomic E-state index is -1.96. The number of ether oxygens (including phenoxy) is 10. The maximum atomic E-state index is 11.9. The number of aliphatic hydroxyl groups excluding tert-OH is 9. The first-order valence-corrected chi connectivity index (χ1v) is 19.0. The highest BCUT2D eigenvalue weighted by atomic mass is 16.7. The SMILES string of the molecule is COc1cc(C2[OH+]c3cc(O)cc(OC4OC(COC(=O)CC(=O)O)C(O)C(O)C4O)c3C=C2OC2OC(COC3OC(C)C(O)C(O)C3O)C(O)C(O)C2O)cc(OC)c1O. The average Bonchev–Trinajstić information content (AvgIpc) is 3.23. The zero-order chi connectivity index (χ0) is 45.3. The van der Waals surface area contributed by atoms with Crippen LogP contribution >= 0.6 is 0 Å². The second-order valence-electron chi connectivity index (χ2n) is 14.8. The summed E-state index contributed by atoms with van der Waals surface area (Å²) in [5.41, 5.74) is 0.211. The molecule has 6 rings (SSSR count). The lowest BCUT2D eigenvalue weighted by Gasteiger charge is -2.42. The number of rotatable bonds is 14. The number of aliphatic carboxylic acids is 1. The van der Waals surface area contributed by atoms with Gasteiger partial charge in [-0.25, -0.2) is 0 Å². The van der Waals surface area contributed by atoms with Crippen molar-refractivity contribution in [2.24, 2.45) is 0 Å². The van der Waals surface area contributed by atoms with E-state index in [2.05, 4.69) is 0 Å². The van der Waals surface area contributed by atoms with E-state index in [1.54, 1.807) is 0 Å². The first-order chi connectivity index (χ1) is 29.3. The molecule has 0 saturated carbocycles. The van der Waals surface area contributed by atoms with Crippen molar-refractivity contribution in [1.29, 1.82) is 0 Å². The van der Waals surface area contributed by atoms with Gasteiger partial charge in [0, 0.05) is 12.1 Å². The van der Waals surface area contributed by atoms with Crippen LogP contribution in [0.1, 0.15) is 30.6 Å². The molecule has 344 valence electrons. The number of carboxylic acids is 1. The predicted octanol–water partition coefficient (Wildman–Crippen LogP) is -3.68. The summed E-state index contributed by atoms with van der Waals surface area (Å²) in [6.45, 7) is 0.0326. The molecule has 24 nitrogen and oxygen atoms in total. The minimum Gasteiger partial charge on any atom is -0.571 e. The van der Waals surface area contributed by atoms with E-state index in [0.717, 1.165) is 6.07 Å². The third-order valence-electron chi connectivity index (χ3n) is 10.5. The Bertz CT molecular complexity index is 1920. The second-order valence-corrected chi connectivity index (χ2v) is 14.8. The first-order valence-electron chi connectivity index (χ1n) is 19.0. The maximum Gasteiger partial charge on any atom is 0.317 e. The summed E-state index contributed by atoms with van der Waals surface area (Å²) < 4.78 is 54.8. The molecular formula is C38H49O24+. The summed E-state index contributed by atoms with van der Waals surface area (Å²) in [7, 11) is 2.54. The van der Waals surface area contributed by atoms with Gasteiger partial charge in [-0.15, -0.1) is 0 Å². The van der Waals surface area contributed by atoms with Gasteiger partial charge >= 0.3 is 11.9 Å². The average molecular weight is 890 g/mol. The number of hydrogen-bond acceptors (Lipinski definition) is 22. The third kappa shape index (κ3) is 9.71. The third-order valence-corrected chi connectivity index (χ3v) is 10.5. The lowest BCUT2D eigenvalue weighted by atomic mass is 9.98. The zero-order valence-corrected chi connectivity index (χ0v) is 33.1. The monoisotopic (exact) mass is 889 g/mol. The van der Waals surface area contributed by atoms with Gasteiger partial charge in [0.2, 0.25) is 18.3 Å². The highest BCUT2D eigenvalue weighted by Gasteiger charge is 2.50. The smallest absolute Gasteiger partial charge is 0.317 e. The van der Waals surface area contributed by atoms with E-state index in [1.807, 2.05) is 0 Å². The maximum absolute atomic E-state index is 11.9. The molecule has 0 amide bonds. The van der Waals surface area contributed by atoms with Crippen LogP contribution in [0.15, 0.2) is 30.0 Å². The van der Waals surface area contributed by atoms with E-state index in [-0.39, 0.29) is 45.6 Å².